The number of hydrogen-bond acceptors (Lipinski definition) is 6. The maximum absolute atomic E-state index is 12.5. The van der Waals surface area contributed by atoms with Gasteiger partial charge in [0, 0.05) is 44.4 Å². The van der Waals surface area contributed by atoms with Gasteiger partial charge < -0.3 is 24.4 Å². The standard InChI is InChI=1S/C26H33N3O5/c1-32-22-7-4-6-20(18-22)8-11-25(30)29-16-14-28(15-17-29)13-5-12-27-26(31)21-9-10-23(33-2)24(19-21)34-3/h4,6-11,18-19H,5,12-17H2,1-3H3,(H,27,31)/b11-8+. The first-order valence-corrected chi connectivity index (χ1v) is 11.4. The monoisotopic (exact) mass is 467 g/mol. The van der Waals surface area contributed by atoms with Crippen molar-refractivity contribution in [1.82, 2.24) is 15.1 Å². The van der Waals surface area contributed by atoms with Gasteiger partial charge >= 0.3 is 0 Å². The van der Waals surface area contributed by atoms with Gasteiger partial charge in [-0.15, -0.1) is 0 Å². The second-order valence-electron chi connectivity index (χ2n) is 7.96. The highest BCUT2D eigenvalue weighted by atomic mass is 16.5. The van der Waals surface area contributed by atoms with Crippen LogP contribution in [-0.4, -0.2) is 82.2 Å². The van der Waals surface area contributed by atoms with Crippen LogP contribution in [0.4, 0.5) is 0 Å². The number of carbonyl (C=O) groups excluding carboxylic acids is 2. The second kappa shape index (κ2) is 12.6. The SMILES string of the molecule is COc1cccc(/C=C/C(=O)N2CCN(CCCNC(=O)c3ccc(OC)c(OC)c3)CC2)c1. The van der Waals surface area contributed by atoms with Gasteiger partial charge in [-0.2, -0.15) is 0 Å². The van der Waals surface area contributed by atoms with Crippen LogP contribution in [0, 0.1) is 0 Å². The summed E-state index contributed by atoms with van der Waals surface area (Å²) >= 11 is 0. The van der Waals surface area contributed by atoms with Gasteiger partial charge in [0.1, 0.15) is 5.75 Å². The zero-order valence-electron chi connectivity index (χ0n) is 20.1. The number of piperazine rings is 1. The Labute approximate surface area is 201 Å². The fourth-order valence-corrected chi connectivity index (χ4v) is 3.79. The van der Waals surface area contributed by atoms with Crippen LogP contribution in [0.3, 0.4) is 0 Å². The molecule has 0 bridgehead atoms. The molecular weight excluding hydrogens is 434 g/mol. The topological polar surface area (TPSA) is 80.3 Å². The van der Waals surface area contributed by atoms with Crippen molar-refractivity contribution in [2.75, 3.05) is 60.6 Å². The molecule has 1 N–H and O–H groups in total. The van der Waals surface area contributed by atoms with Crippen molar-refractivity contribution in [3.8, 4) is 17.2 Å². The maximum Gasteiger partial charge on any atom is 0.251 e. The Morgan fingerprint density at radius 3 is 2.41 bits per heavy atom. The summed E-state index contributed by atoms with van der Waals surface area (Å²) in [7, 11) is 4.73. The van der Waals surface area contributed by atoms with Crippen molar-refractivity contribution in [3.05, 3.63) is 59.7 Å². The first kappa shape index (κ1) is 25.1. The van der Waals surface area contributed by atoms with Crippen LogP contribution in [0.5, 0.6) is 17.2 Å². The average molecular weight is 468 g/mol. The number of nitrogens with one attached hydrogen (secondary N) is 1. The minimum atomic E-state index is -0.140. The Morgan fingerprint density at radius 2 is 1.71 bits per heavy atom. The van der Waals surface area contributed by atoms with Crippen LogP contribution in [0.2, 0.25) is 0 Å². The predicted octanol–water partition coefficient (Wildman–Crippen LogP) is 2.69. The lowest BCUT2D eigenvalue weighted by Gasteiger charge is -2.34. The summed E-state index contributed by atoms with van der Waals surface area (Å²) in [6, 6.07) is 12.7. The Kier molecular flexibility index (Phi) is 9.34. The average Bonchev–Trinajstić information content (AvgIpc) is 2.89. The zero-order valence-corrected chi connectivity index (χ0v) is 20.1. The van der Waals surface area contributed by atoms with Crippen molar-refractivity contribution in [2.45, 2.75) is 6.42 Å². The van der Waals surface area contributed by atoms with Crippen LogP contribution < -0.4 is 19.5 Å². The third-order valence-electron chi connectivity index (χ3n) is 5.78. The molecule has 34 heavy (non-hydrogen) atoms. The van der Waals surface area contributed by atoms with E-state index in [0.29, 0.717) is 36.7 Å². The molecule has 0 aromatic heterocycles. The molecule has 0 unspecified atom stereocenters. The van der Waals surface area contributed by atoms with E-state index >= 15 is 0 Å². The van der Waals surface area contributed by atoms with Crippen molar-refractivity contribution < 1.29 is 23.8 Å². The summed E-state index contributed by atoms with van der Waals surface area (Å²) in [6.45, 7) is 4.48. The molecule has 8 nitrogen and oxygen atoms in total. The van der Waals surface area contributed by atoms with E-state index in [0.717, 1.165) is 37.4 Å². The Hall–Kier alpha value is -3.52. The van der Waals surface area contributed by atoms with Crippen molar-refractivity contribution >= 4 is 17.9 Å². The molecule has 182 valence electrons. The minimum absolute atomic E-state index is 0.0182. The van der Waals surface area contributed by atoms with Gasteiger partial charge in [-0.05, 0) is 54.9 Å². The Bertz CT molecular complexity index is 1000. The lowest BCUT2D eigenvalue weighted by molar-refractivity contribution is -0.127. The van der Waals surface area contributed by atoms with Crippen molar-refractivity contribution in [2.24, 2.45) is 0 Å². The van der Waals surface area contributed by atoms with Crippen LogP contribution in [0.1, 0.15) is 22.3 Å². The van der Waals surface area contributed by atoms with Gasteiger partial charge in [-0.1, -0.05) is 12.1 Å². The van der Waals surface area contributed by atoms with Gasteiger partial charge in [-0.3, -0.25) is 14.5 Å². The number of hydrogen-bond donors (Lipinski definition) is 1. The third-order valence-corrected chi connectivity index (χ3v) is 5.78. The molecule has 2 aromatic rings. The van der Waals surface area contributed by atoms with Crippen molar-refractivity contribution in [3.63, 3.8) is 0 Å². The highest BCUT2D eigenvalue weighted by Gasteiger charge is 2.19. The van der Waals surface area contributed by atoms with Crippen LogP contribution in [0.25, 0.3) is 6.08 Å². The Balaban J connectivity index is 1.36. The molecule has 1 aliphatic rings. The molecule has 0 radical (unpaired) electrons. The zero-order chi connectivity index (χ0) is 24.3. The van der Waals surface area contributed by atoms with E-state index in [2.05, 4.69) is 10.2 Å². The minimum Gasteiger partial charge on any atom is -0.497 e. The number of methoxy groups -OCH3 is 3. The summed E-state index contributed by atoms with van der Waals surface area (Å²) in [5.41, 5.74) is 1.47. The highest BCUT2D eigenvalue weighted by molar-refractivity contribution is 5.95. The molecule has 0 aliphatic carbocycles. The van der Waals surface area contributed by atoms with Gasteiger partial charge in [0.25, 0.3) is 5.91 Å². The molecule has 2 amide bonds. The molecule has 1 fully saturated rings. The molecule has 1 saturated heterocycles. The highest BCUT2D eigenvalue weighted by Crippen LogP contribution is 2.27. The molecule has 1 aliphatic heterocycles. The first-order valence-electron chi connectivity index (χ1n) is 11.4. The number of benzene rings is 2. The molecular formula is C26H33N3O5. The second-order valence-corrected chi connectivity index (χ2v) is 7.96. The number of carbonyl (C=O) groups is 2. The maximum atomic E-state index is 12.5. The molecule has 8 heteroatoms. The first-order chi connectivity index (χ1) is 16.5. The summed E-state index contributed by atoms with van der Waals surface area (Å²) in [5, 5.41) is 2.95. The fraction of sp³-hybridized carbons (Fsp3) is 0.385. The molecule has 2 aromatic carbocycles. The summed E-state index contributed by atoms with van der Waals surface area (Å²) < 4.78 is 15.7. The van der Waals surface area contributed by atoms with Crippen LogP contribution in [0.15, 0.2) is 48.5 Å². The van der Waals surface area contributed by atoms with E-state index in [1.165, 1.54) is 0 Å². The van der Waals surface area contributed by atoms with E-state index in [4.69, 9.17) is 14.2 Å². The molecule has 3 rings (SSSR count). The van der Waals surface area contributed by atoms with E-state index in [9.17, 15) is 9.59 Å². The van der Waals surface area contributed by atoms with Gasteiger partial charge in [-0.25, -0.2) is 0 Å². The third kappa shape index (κ3) is 6.99. The quantitative estimate of drug-likeness (QED) is 0.428. The van der Waals surface area contributed by atoms with Gasteiger partial charge in [0.05, 0.1) is 21.3 Å². The lowest BCUT2D eigenvalue weighted by Crippen LogP contribution is -2.48. The molecule has 0 spiro atoms. The van der Waals surface area contributed by atoms with Crippen molar-refractivity contribution in [1.29, 1.82) is 0 Å². The summed E-state index contributed by atoms with van der Waals surface area (Å²) in [6.07, 6.45) is 4.27. The van der Waals surface area contributed by atoms with E-state index in [1.807, 2.05) is 35.2 Å². The number of rotatable bonds is 10. The van der Waals surface area contributed by atoms with Gasteiger partial charge in [0.2, 0.25) is 5.91 Å². The summed E-state index contributed by atoms with van der Waals surface area (Å²) in [4.78, 5) is 29.1. The van der Waals surface area contributed by atoms with E-state index in [1.54, 1.807) is 45.6 Å². The lowest BCUT2D eigenvalue weighted by atomic mass is 10.2. The van der Waals surface area contributed by atoms with Crippen LogP contribution in [-0.2, 0) is 4.79 Å². The Morgan fingerprint density at radius 1 is 0.941 bits per heavy atom. The normalized spacial score (nSPS) is 14.1. The summed E-state index contributed by atoms with van der Waals surface area (Å²) in [5.74, 6) is 1.76. The number of nitrogens with zero attached hydrogens (tertiary/aromatic N) is 2. The van der Waals surface area contributed by atoms with Gasteiger partial charge in [0.15, 0.2) is 11.5 Å². The molecule has 1 heterocycles. The smallest absolute Gasteiger partial charge is 0.251 e. The largest absolute Gasteiger partial charge is 0.497 e. The van der Waals surface area contributed by atoms with E-state index in [-0.39, 0.29) is 11.8 Å². The number of amides is 2. The fourth-order valence-electron chi connectivity index (χ4n) is 3.79. The van der Waals surface area contributed by atoms with Crippen LogP contribution >= 0.6 is 0 Å². The van der Waals surface area contributed by atoms with E-state index < -0.39 is 0 Å². The predicted molar refractivity (Wildman–Crippen MR) is 132 cm³/mol. The molecule has 0 saturated carbocycles. The molecule has 0 atom stereocenters. The number of ether oxygens (including phenoxy) is 3.